The van der Waals surface area contributed by atoms with E-state index in [0.717, 1.165) is 38.5 Å². The quantitative estimate of drug-likeness (QED) is 0.244. The average molecular weight is 333 g/mol. The summed E-state index contributed by atoms with van der Waals surface area (Å²) in [5.41, 5.74) is 0. The average Bonchev–Trinajstić information content (AvgIpc) is 2.56. The second-order valence-corrected chi connectivity index (χ2v) is 6.04. The fourth-order valence-corrected chi connectivity index (χ4v) is 2.31. The molecule has 1 N–H and O–H groups in total. The molecular formula is C22H36O2. The van der Waals surface area contributed by atoms with E-state index < -0.39 is 5.97 Å². The summed E-state index contributed by atoms with van der Waals surface area (Å²) in [6.45, 7) is 2.16. The maximum absolute atomic E-state index is 10.3. The lowest BCUT2D eigenvalue weighted by molar-refractivity contribution is -0.137. The van der Waals surface area contributed by atoms with Crippen LogP contribution in [0.25, 0.3) is 0 Å². The molecule has 0 heterocycles. The van der Waals surface area contributed by atoms with Crippen LogP contribution in [-0.4, -0.2) is 11.1 Å². The Morgan fingerprint density at radius 1 is 0.667 bits per heavy atom. The van der Waals surface area contributed by atoms with Crippen molar-refractivity contribution in [1.29, 1.82) is 0 Å². The highest BCUT2D eigenvalue weighted by atomic mass is 16.4. The summed E-state index contributed by atoms with van der Waals surface area (Å²) >= 11 is 0. The summed E-state index contributed by atoms with van der Waals surface area (Å²) in [6.07, 6.45) is 30.3. The van der Waals surface area contributed by atoms with Gasteiger partial charge >= 0.3 is 5.97 Å². The van der Waals surface area contributed by atoms with Crippen LogP contribution < -0.4 is 0 Å². The molecule has 0 fully saturated rings. The van der Waals surface area contributed by atoms with Crippen LogP contribution in [0.3, 0.4) is 0 Å². The molecular weight excluding hydrogens is 296 g/mol. The van der Waals surface area contributed by atoms with E-state index in [0.29, 0.717) is 0 Å². The molecule has 2 nitrogen and oxygen atoms in total. The predicted molar refractivity (Wildman–Crippen MR) is 105 cm³/mol. The van der Waals surface area contributed by atoms with Crippen LogP contribution in [0.2, 0.25) is 0 Å². The molecule has 0 amide bonds. The highest BCUT2D eigenvalue weighted by Crippen LogP contribution is 2.07. The smallest absolute Gasteiger partial charge is 0.303 e. The van der Waals surface area contributed by atoms with Gasteiger partial charge in [0.15, 0.2) is 0 Å². The maximum atomic E-state index is 10.3. The molecule has 0 saturated heterocycles. The topological polar surface area (TPSA) is 37.3 Å². The lowest BCUT2D eigenvalue weighted by atomic mass is 10.1. The Balaban J connectivity index is 3.27. The normalized spacial score (nSPS) is 12.4. The van der Waals surface area contributed by atoms with Crippen molar-refractivity contribution < 1.29 is 9.90 Å². The van der Waals surface area contributed by atoms with Gasteiger partial charge in [0.25, 0.3) is 0 Å². The SMILES string of the molecule is CC/C=C\C/C=C\C/C=C\CCCCCC/C=C\CCCC(=O)O. The molecule has 0 atom stereocenters. The van der Waals surface area contributed by atoms with Gasteiger partial charge in [-0.05, 0) is 57.8 Å². The van der Waals surface area contributed by atoms with E-state index in [1.807, 2.05) is 0 Å². The summed E-state index contributed by atoms with van der Waals surface area (Å²) in [6, 6.07) is 0. The van der Waals surface area contributed by atoms with Crippen LogP contribution in [0, 0.1) is 0 Å². The van der Waals surface area contributed by atoms with E-state index >= 15 is 0 Å². The first-order valence-corrected chi connectivity index (χ1v) is 9.59. The van der Waals surface area contributed by atoms with E-state index in [1.54, 1.807) is 0 Å². The van der Waals surface area contributed by atoms with E-state index in [4.69, 9.17) is 5.11 Å². The molecule has 0 spiro atoms. The van der Waals surface area contributed by atoms with Crippen LogP contribution in [-0.2, 0) is 4.79 Å². The molecule has 0 radical (unpaired) electrons. The van der Waals surface area contributed by atoms with Crippen molar-refractivity contribution in [3.05, 3.63) is 48.6 Å². The molecule has 0 aromatic carbocycles. The first-order chi connectivity index (χ1) is 11.8. The molecule has 136 valence electrons. The second kappa shape index (κ2) is 19.5. The Labute approximate surface area is 149 Å². The maximum Gasteiger partial charge on any atom is 0.303 e. The summed E-state index contributed by atoms with van der Waals surface area (Å²) in [5, 5.41) is 8.52. The molecule has 0 bridgehead atoms. The van der Waals surface area contributed by atoms with Crippen molar-refractivity contribution in [3.8, 4) is 0 Å². The molecule has 0 aliphatic rings. The van der Waals surface area contributed by atoms with E-state index in [2.05, 4.69) is 55.5 Å². The van der Waals surface area contributed by atoms with Gasteiger partial charge < -0.3 is 5.11 Å². The summed E-state index contributed by atoms with van der Waals surface area (Å²) in [7, 11) is 0. The molecule has 0 saturated carbocycles. The number of aliphatic carboxylic acids is 1. The minimum atomic E-state index is -0.697. The first kappa shape index (κ1) is 22.4. The van der Waals surface area contributed by atoms with Crippen molar-refractivity contribution >= 4 is 5.97 Å². The summed E-state index contributed by atoms with van der Waals surface area (Å²) < 4.78 is 0. The number of unbranched alkanes of at least 4 members (excludes halogenated alkanes) is 6. The zero-order valence-corrected chi connectivity index (χ0v) is 15.5. The molecule has 0 aliphatic carbocycles. The Bertz CT molecular complexity index is 389. The highest BCUT2D eigenvalue weighted by Gasteiger charge is 1.93. The number of carboxylic acids is 1. The van der Waals surface area contributed by atoms with Crippen LogP contribution in [0.1, 0.15) is 84.0 Å². The fourth-order valence-electron chi connectivity index (χ4n) is 2.31. The van der Waals surface area contributed by atoms with Crippen molar-refractivity contribution in [1.82, 2.24) is 0 Å². The highest BCUT2D eigenvalue weighted by molar-refractivity contribution is 5.66. The number of hydrogen-bond acceptors (Lipinski definition) is 1. The van der Waals surface area contributed by atoms with Gasteiger partial charge in [0.05, 0.1) is 0 Å². The Hall–Kier alpha value is -1.57. The van der Waals surface area contributed by atoms with Crippen molar-refractivity contribution in [2.24, 2.45) is 0 Å². The van der Waals surface area contributed by atoms with E-state index in [9.17, 15) is 4.79 Å². The van der Waals surface area contributed by atoms with E-state index in [-0.39, 0.29) is 6.42 Å². The molecule has 24 heavy (non-hydrogen) atoms. The first-order valence-electron chi connectivity index (χ1n) is 9.59. The van der Waals surface area contributed by atoms with E-state index in [1.165, 1.54) is 32.1 Å². The van der Waals surface area contributed by atoms with Gasteiger partial charge in [0.2, 0.25) is 0 Å². The third-order valence-corrected chi connectivity index (χ3v) is 3.70. The van der Waals surface area contributed by atoms with Gasteiger partial charge in [-0.1, -0.05) is 68.4 Å². The van der Waals surface area contributed by atoms with Crippen molar-refractivity contribution in [3.63, 3.8) is 0 Å². The lowest BCUT2D eigenvalue weighted by Gasteiger charge is -1.97. The van der Waals surface area contributed by atoms with Gasteiger partial charge in [-0.15, -0.1) is 0 Å². The molecule has 0 aromatic rings. The minimum Gasteiger partial charge on any atom is -0.481 e. The van der Waals surface area contributed by atoms with Gasteiger partial charge in [-0.3, -0.25) is 4.79 Å². The molecule has 0 aliphatic heterocycles. The molecule has 0 unspecified atom stereocenters. The molecule has 0 rings (SSSR count). The fraction of sp³-hybridized carbons (Fsp3) is 0.591. The predicted octanol–water partition coefficient (Wildman–Crippen LogP) is 7.00. The summed E-state index contributed by atoms with van der Waals surface area (Å²) in [4.78, 5) is 10.3. The largest absolute Gasteiger partial charge is 0.481 e. The number of hydrogen-bond donors (Lipinski definition) is 1. The van der Waals surface area contributed by atoms with Crippen molar-refractivity contribution in [2.45, 2.75) is 84.0 Å². The zero-order chi connectivity index (χ0) is 17.7. The zero-order valence-electron chi connectivity index (χ0n) is 15.5. The summed E-state index contributed by atoms with van der Waals surface area (Å²) in [5.74, 6) is -0.697. The number of rotatable bonds is 16. The van der Waals surface area contributed by atoms with Crippen molar-refractivity contribution in [2.75, 3.05) is 0 Å². The monoisotopic (exact) mass is 332 g/mol. The number of allylic oxidation sites excluding steroid dienone is 8. The van der Waals surface area contributed by atoms with Gasteiger partial charge in [0, 0.05) is 6.42 Å². The minimum absolute atomic E-state index is 0.281. The Morgan fingerprint density at radius 3 is 1.67 bits per heavy atom. The molecule has 2 heteroatoms. The van der Waals surface area contributed by atoms with Crippen LogP contribution in [0.4, 0.5) is 0 Å². The third-order valence-electron chi connectivity index (χ3n) is 3.70. The number of carboxylic acid groups (broad SMARTS) is 1. The van der Waals surface area contributed by atoms with Crippen LogP contribution in [0.5, 0.6) is 0 Å². The number of carbonyl (C=O) groups is 1. The van der Waals surface area contributed by atoms with Crippen LogP contribution >= 0.6 is 0 Å². The Morgan fingerprint density at radius 2 is 1.12 bits per heavy atom. The lowest BCUT2D eigenvalue weighted by Crippen LogP contribution is -1.92. The van der Waals surface area contributed by atoms with Gasteiger partial charge in [-0.2, -0.15) is 0 Å². The van der Waals surface area contributed by atoms with Crippen LogP contribution in [0.15, 0.2) is 48.6 Å². The van der Waals surface area contributed by atoms with Gasteiger partial charge in [0.1, 0.15) is 0 Å². The van der Waals surface area contributed by atoms with Gasteiger partial charge in [-0.25, -0.2) is 0 Å². The molecule has 0 aromatic heterocycles. The standard InChI is InChI=1S/C22H36O2/c1-2-3-4-5-6-7-8-9-10-11-12-13-14-15-16-17-18-19-20-21-22(23)24/h3-4,6-7,9-10,17-18H,2,5,8,11-16,19-21H2,1H3,(H,23,24)/b4-3-,7-6-,10-9-,18-17-. The Kier molecular flexibility index (Phi) is 18.2. The third kappa shape index (κ3) is 20.4. The second-order valence-electron chi connectivity index (χ2n) is 6.04.